The van der Waals surface area contributed by atoms with E-state index in [-0.39, 0.29) is 19.1 Å². The maximum absolute atomic E-state index is 11.0. The number of carboxylic acids is 1. The molecular formula is C19H36N2O10. The molecule has 0 aliphatic carbocycles. The summed E-state index contributed by atoms with van der Waals surface area (Å²) >= 11 is 0. The Kier molecular flexibility index (Phi) is 10.0. The number of nitrogens with two attached hydrogens (primary N) is 1. The van der Waals surface area contributed by atoms with Crippen molar-refractivity contribution in [3.63, 3.8) is 0 Å². The Morgan fingerprint density at radius 3 is 2.29 bits per heavy atom. The number of ether oxygens (including phenoxy) is 4. The Balaban J connectivity index is 2.15. The average molecular weight is 453 g/mol. The highest BCUT2D eigenvalue weighted by Gasteiger charge is 2.50. The zero-order valence-electron chi connectivity index (χ0n) is 18.0. The van der Waals surface area contributed by atoms with Gasteiger partial charge in [-0.3, -0.25) is 4.79 Å². The lowest BCUT2D eigenvalue weighted by Crippen LogP contribution is -2.68. The number of carboxylic acid groups (broad SMARTS) is 1. The molecule has 2 heterocycles. The number of carbonyl (C=O) groups is 1. The number of aliphatic hydroxyl groups excluding tert-OH is 4. The van der Waals surface area contributed by atoms with E-state index < -0.39 is 73.7 Å². The molecule has 12 heteroatoms. The smallest absolute Gasteiger partial charge is 0.303 e. The van der Waals surface area contributed by atoms with Gasteiger partial charge in [0.05, 0.1) is 37.5 Å². The third-order valence-corrected chi connectivity index (χ3v) is 5.97. The molecule has 2 aliphatic heterocycles. The van der Waals surface area contributed by atoms with Gasteiger partial charge in [-0.2, -0.15) is 0 Å². The number of aliphatic carboxylic acids is 1. The molecule has 2 fully saturated rings. The lowest BCUT2D eigenvalue weighted by molar-refractivity contribution is -0.324. The van der Waals surface area contributed by atoms with E-state index >= 15 is 0 Å². The minimum absolute atomic E-state index is 0.0575. The fraction of sp³-hybridized carbons (Fsp3) is 0.947. The molecular weight excluding hydrogens is 416 g/mol. The second-order valence-corrected chi connectivity index (χ2v) is 8.23. The van der Waals surface area contributed by atoms with Crippen LogP contribution in [-0.4, -0.2) is 113 Å². The Labute approximate surface area is 181 Å². The molecule has 11 unspecified atom stereocenters. The molecule has 31 heavy (non-hydrogen) atoms. The maximum Gasteiger partial charge on any atom is 0.303 e. The number of hydrogen-bond donors (Lipinski definition) is 7. The molecule has 0 aromatic carbocycles. The predicted molar refractivity (Wildman–Crippen MR) is 106 cm³/mol. The highest BCUT2D eigenvalue weighted by atomic mass is 16.7. The largest absolute Gasteiger partial charge is 0.481 e. The van der Waals surface area contributed by atoms with Gasteiger partial charge < -0.3 is 55.5 Å². The molecule has 2 rings (SSSR count). The molecule has 0 amide bonds. The van der Waals surface area contributed by atoms with Crippen molar-refractivity contribution in [2.75, 3.05) is 20.3 Å². The maximum atomic E-state index is 11.0. The van der Waals surface area contributed by atoms with Crippen LogP contribution in [0.5, 0.6) is 0 Å². The Hall–Kier alpha value is -0.930. The second-order valence-electron chi connectivity index (χ2n) is 8.23. The van der Waals surface area contributed by atoms with E-state index in [0.717, 1.165) is 0 Å². The molecule has 0 spiro atoms. The summed E-state index contributed by atoms with van der Waals surface area (Å²) in [7, 11) is 1.38. The number of rotatable bonds is 10. The number of nitrogens with one attached hydrogen (secondary N) is 1. The Bertz CT molecular complexity index is 568. The molecule has 12 nitrogen and oxygen atoms in total. The molecule has 0 radical (unpaired) electrons. The average Bonchev–Trinajstić information content (AvgIpc) is 2.75. The van der Waals surface area contributed by atoms with Crippen LogP contribution in [0.15, 0.2) is 0 Å². The minimum atomic E-state index is -1.25. The van der Waals surface area contributed by atoms with Crippen LogP contribution in [0.3, 0.4) is 0 Å². The van der Waals surface area contributed by atoms with Crippen LogP contribution in [0.2, 0.25) is 0 Å². The second kappa shape index (κ2) is 11.8. The zero-order valence-corrected chi connectivity index (χ0v) is 18.0. The first-order valence-electron chi connectivity index (χ1n) is 10.4. The third-order valence-electron chi connectivity index (χ3n) is 5.97. The summed E-state index contributed by atoms with van der Waals surface area (Å²) < 4.78 is 22.6. The van der Waals surface area contributed by atoms with Gasteiger partial charge in [0.1, 0.15) is 18.3 Å². The summed E-state index contributed by atoms with van der Waals surface area (Å²) in [6.07, 6.45) is -6.90. The summed E-state index contributed by atoms with van der Waals surface area (Å²) in [6, 6.07) is -2.05. The Morgan fingerprint density at radius 1 is 1.13 bits per heavy atom. The van der Waals surface area contributed by atoms with Crippen LogP contribution in [0.1, 0.15) is 26.7 Å². The Morgan fingerprint density at radius 2 is 1.74 bits per heavy atom. The first-order valence-corrected chi connectivity index (χ1v) is 10.4. The van der Waals surface area contributed by atoms with Gasteiger partial charge in [-0.05, 0) is 13.3 Å². The summed E-state index contributed by atoms with van der Waals surface area (Å²) in [5.41, 5.74) is 6.05. The van der Waals surface area contributed by atoms with Crippen molar-refractivity contribution in [2.24, 2.45) is 11.7 Å². The molecule has 0 aromatic rings. The number of methoxy groups -OCH3 is 1. The predicted octanol–water partition coefficient (Wildman–Crippen LogP) is -2.65. The van der Waals surface area contributed by atoms with Crippen LogP contribution in [0.4, 0.5) is 0 Å². The van der Waals surface area contributed by atoms with E-state index in [9.17, 15) is 25.2 Å². The van der Waals surface area contributed by atoms with Gasteiger partial charge in [0, 0.05) is 25.5 Å². The van der Waals surface area contributed by atoms with Gasteiger partial charge >= 0.3 is 5.97 Å². The van der Waals surface area contributed by atoms with Gasteiger partial charge in [0.15, 0.2) is 12.6 Å². The molecule has 2 saturated heterocycles. The summed E-state index contributed by atoms with van der Waals surface area (Å²) in [5, 5.41) is 52.7. The van der Waals surface area contributed by atoms with E-state index in [1.54, 1.807) is 13.8 Å². The highest BCUT2D eigenvalue weighted by molar-refractivity contribution is 5.66. The van der Waals surface area contributed by atoms with Crippen LogP contribution >= 0.6 is 0 Å². The lowest BCUT2D eigenvalue weighted by Gasteiger charge is -2.48. The van der Waals surface area contributed by atoms with Gasteiger partial charge in [0.2, 0.25) is 0 Å². The molecule has 11 atom stereocenters. The van der Waals surface area contributed by atoms with Gasteiger partial charge in [0.25, 0.3) is 0 Å². The first-order chi connectivity index (χ1) is 14.6. The van der Waals surface area contributed by atoms with Crippen LogP contribution < -0.4 is 11.1 Å². The lowest BCUT2D eigenvalue weighted by atomic mass is 9.89. The summed E-state index contributed by atoms with van der Waals surface area (Å²) in [5.74, 6) is -1.36. The molecule has 182 valence electrons. The topological polar surface area (TPSA) is 193 Å². The van der Waals surface area contributed by atoms with Gasteiger partial charge in [-0.1, -0.05) is 6.92 Å². The van der Waals surface area contributed by atoms with Crippen molar-refractivity contribution in [1.29, 1.82) is 0 Å². The van der Waals surface area contributed by atoms with E-state index in [1.807, 2.05) is 0 Å². The monoisotopic (exact) mass is 452 g/mol. The van der Waals surface area contributed by atoms with Crippen LogP contribution in [0.25, 0.3) is 0 Å². The van der Waals surface area contributed by atoms with E-state index in [0.29, 0.717) is 6.42 Å². The van der Waals surface area contributed by atoms with Crippen molar-refractivity contribution in [3.05, 3.63) is 0 Å². The van der Waals surface area contributed by atoms with E-state index in [2.05, 4.69) is 5.32 Å². The fourth-order valence-corrected chi connectivity index (χ4v) is 3.97. The molecule has 2 aliphatic rings. The standard InChI is InChI=1S/C19H36N2O10/c1-8(4-5-12(24)25)21-14-16(27)17(11(7-23)30-19(14)28-3)31-18-13(20)15(26)9(2)10(6-22)29-18/h8-11,13-19,21-23,26-27H,4-7,20H2,1-3H3,(H,24,25). The number of aliphatic hydroxyl groups is 4. The quantitative estimate of drug-likeness (QED) is 0.182. The zero-order chi connectivity index (χ0) is 23.3. The van der Waals surface area contributed by atoms with E-state index in [1.165, 1.54) is 7.11 Å². The van der Waals surface area contributed by atoms with Crippen LogP contribution in [-0.2, 0) is 23.7 Å². The summed E-state index contributed by atoms with van der Waals surface area (Å²) in [6.45, 7) is 2.61. The van der Waals surface area contributed by atoms with Crippen molar-refractivity contribution in [2.45, 2.75) is 87.9 Å². The number of hydrogen-bond acceptors (Lipinski definition) is 11. The van der Waals surface area contributed by atoms with Crippen LogP contribution in [0, 0.1) is 5.92 Å². The SMILES string of the molecule is COC1OC(CO)C(OC2OC(CO)C(C)C(O)C2N)C(O)C1NC(C)CCC(=O)O. The van der Waals surface area contributed by atoms with Crippen molar-refractivity contribution < 1.29 is 49.3 Å². The third kappa shape index (κ3) is 6.32. The highest BCUT2D eigenvalue weighted by Crippen LogP contribution is 2.30. The van der Waals surface area contributed by atoms with Crippen molar-refractivity contribution in [1.82, 2.24) is 5.32 Å². The van der Waals surface area contributed by atoms with E-state index in [4.69, 9.17) is 29.8 Å². The molecule has 0 saturated carbocycles. The fourth-order valence-electron chi connectivity index (χ4n) is 3.97. The summed E-state index contributed by atoms with van der Waals surface area (Å²) in [4.78, 5) is 10.8. The normalized spacial score (nSPS) is 42.3. The minimum Gasteiger partial charge on any atom is -0.481 e. The first kappa shape index (κ1) is 26.3. The van der Waals surface area contributed by atoms with Gasteiger partial charge in [-0.15, -0.1) is 0 Å². The van der Waals surface area contributed by atoms with Crippen molar-refractivity contribution in [3.8, 4) is 0 Å². The van der Waals surface area contributed by atoms with Gasteiger partial charge in [-0.25, -0.2) is 0 Å². The molecule has 0 aromatic heterocycles. The molecule has 8 N–H and O–H groups in total. The molecule has 0 bridgehead atoms. The van der Waals surface area contributed by atoms with Crippen molar-refractivity contribution >= 4 is 5.97 Å².